The number of likely N-dealkylation sites (tertiary alicyclic amines) is 1. The van der Waals surface area contributed by atoms with E-state index in [9.17, 15) is 14.4 Å². The monoisotopic (exact) mass is 339 g/mol. The molecule has 2 aliphatic rings. The second kappa shape index (κ2) is 6.86. The van der Waals surface area contributed by atoms with Gasteiger partial charge in [0.25, 0.3) is 0 Å². The van der Waals surface area contributed by atoms with Gasteiger partial charge in [0, 0.05) is 79.3 Å². The molecular formula is C16H29N5O3. The molecule has 0 radical (unpaired) electrons. The van der Waals surface area contributed by atoms with Crippen LogP contribution in [0.25, 0.3) is 0 Å². The molecule has 0 aromatic carbocycles. The highest BCUT2D eigenvalue weighted by molar-refractivity contribution is 5.81. The summed E-state index contributed by atoms with van der Waals surface area (Å²) in [6.45, 7) is 5.18. The standard InChI is InChI=1S/C16H29N5O3/c1-6-19-10-16(9-13(19)22)11-20(14(23)17(2)3)7-8-21(12-16)15(24)18(4)5/h6-12H2,1-5H3. The van der Waals surface area contributed by atoms with Gasteiger partial charge in [0.1, 0.15) is 0 Å². The van der Waals surface area contributed by atoms with Crippen LogP contribution in [0.2, 0.25) is 0 Å². The molecule has 8 heteroatoms. The Morgan fingerprint density at radius 3 is 1.75 bits per heavy atom. The molecular weight excluding hydrogens is 310 g/mol. The Labute approximate surface area is 143 Å². The van der Waals surface area contributed by atoms with Gasteiger partial charge in [-0.25, -0.2) is 9.59 Å². The summed E-state index contributed by atoms with van der Waals surface area (Å²) in [5, 5.41) is 0. The lowest BCUT2D eigenvalue weighted by Gasteiger charge is -2.34. The summed E-state index contributed by atoms with van der Waals surface area (Å²) >= 11 is 0. The van der Waals surface area contributed by atoms with Crippen molar-refractivity contribution in [3.63, 3.8) is 0 Å². The molecule has 5 amide bonds. The average Bonchev–Trinajstić information content (AvgIpc) is 2.71. The zero-order chi connectivity index (χ0) is 18.1. The van der Waals surface area contributed by atoms with E-state index in [2.05, 4.69) is 0 Å². The van der Waals surface area contributed by atoms with E-state index in [1.165, 1.54) is 0 Å². The normalized spacial score (nSPS) is 20.4. The number of rotatable bonds is 1. The first-order chi connectivity index (χ1) is 11.2. The van der Waals surface area contributed by atoms with Crippen molar-refractivity contribution in [1.82, 2.24) is 24.5 Å². The van der Waals surface area contributed by atoms with Crippen LogP contribution in [0.3, 0.4) is 0 Å². The van der Waals surface area contributed by atoms with E-state index in [0.29, 0.717) is 45.7 Å². The van der Waals surface area contributed by atoms with E-state index in [-0.39, 0.29) is 23.4 Å². The molecule has 2 rings (SSSR count). The maximum Gasteiger partial charge on any atom is 0.319 e. The van der Waals surface area contributed by atoms with Gasteiger partial charge in [-0.05, 0) is 6.92 Å². The predicted molar refractivity (Wildman–Crippen MR) is 90.6 cm³/mol. The molecule has 2 saturated heterocycles. The molecule has 2 heterocycles. The maximum atomic E-state index is 12.5. The zero-order valence-electron chi connectivity index (χ0n) is 15.4. The lowest BCUT2D eigenvalue weighted by atomic mass is 9.86. The van der Waals surface area contributed by atoms with Gasteiger partial charge in [0.05, 0.1) is 0 Å². The summed E-state index contributed by atoms with van der Waals surface area (Å²) in [6.07, 6.45) is 0.384. The molecule has 0 aromatic heterocycles. The van der Waals surface area contributed by atoms with Crippen molar-refractivity contribution in [2.45, 2.75) is 13.3 Å². The molecule has 0 atom stereocenters. The number of nitrogens with zero attached hydrogens (tertiary/aromatic N) is 5. The number of carbonyl (C=O) groups excluding carboxylic acids is 3. The quantitative estimate of drug-likeness (QED) is 0.686. The van der Waals surface area contributed by atoms with Crippen LogP contribution in [0.4, 0.5) is 9.59 Å². The molecule has 0 unspecified atom stereocenters. The molecule has 0 N–H and O–H groups in total. The van der Waals surface area contributed by atoms with Crippen molar-refractivity contribution in [3.05, 3.63) is 0 Å². The first-order valence-electron chi connectivity index (χ1n) is 8.39. The Bertz CT molecular complexity index is 490. The van der Waals surface area contributed by atoms with E-state index >= 15 is 0 Å². The molecule has 0 saturated carbocycles. The minimum atomic E-state index is -0.388. The molecule has 2 aliphatic heterocycles. The van der Waals surface area contributed by atoms with Gasteiger partial charge < -0.3 is 24.5 Å². The second-order valence-corrected chi connectivity index (χ2v) is 7.28. The van der Waals surface area contributed by atoms with Crippen molar-refractivity contribution < 1.29 is 14.4 Å². The summed E-state index contributed by atoms with van der Waals surface area (Å²) in [5.74, 6) is 0.105. The van der Waals surface area contributed by atoms with Crippen LogP contribution in [-0.4, -0.2) is 110 Å². The van der Waals surface area contributed by atoms with Crippen LogP contribution < -0.4 is 0 Å². The van der Waals surface area contributed by atoms with Crippen molar-refractivity contribution in [3.8, 4) is 0 Å². The van der Waals surface area contributed by atoms with E-state index in [4.69, 9.17) is 0 Å². The number of amides is 5. The molecule has 8 nitrogen and oxygen atoms in total. The Kier molecular flexibility index (Phi) is 5.25. The fourth-order valence-electron chi connectivity index (χ4n) is 3.63. The highest BCUT2D eigenvalue weighted by Gasteiger charge is 2.47. The predicted octanol–water partition coefficient (Wildman–Crippen LogP) is 0.206. The van der Waals surface area contributed by atoms with Gasteiger partial charge in [-0.1, -0.05) is 0 Å². The van der Waals surface area contributed by atoms with Crippen molar-refractivity contribution >= 4 is 18.0 Å². The second-order valence-electron chi connectivity index (χ2n) is 7.28. The first kappa shape index (κ1) is 18.4. The Morgan fingerprint density at radius 2 is 1.42 bits per heavy atom. The minimum Gasteiger partial charge on any atom is -0.342 e. The smallest absolute Gasteiger partial charge is 0.319 e. The summed E-state index contributed by atoms with van der Waals surface area (Å²) in [6, 6.07) is -0.146. The number of hydrogen-bond acceptors (Lipinski definition) is 3. The molecule has 0 aromatic rings. The van der Waals surface area contributed by atoms with Crippen LogP contribution in [0.1, 0.15) is 13.3 Å². The van der Waals surface area contributed by atoms with E-state index in [1.54, 1.807) is 47.8 Å². The van der Waals surface area contributed by atoms with Crippen LogP contribution >= 0.6 is 0 Å². The SMILES string of the molecule is CCN1CC2(CC1=O)CN(C(=O)N(C)C)CCN(C(=O)N(C)C)C2. The van der Waals surface area contributed by atoms with E-state index in [0.717, 1.165) is 0 Å². The number of hydrogen-bond donors (Lipinski definition) is 0. The number of urea groups is 2. The molecule has 0 aliphatic carbocycles. The lowest BCUT2D eigenvalue weighted by molar-refractivity contribution is -0.127. The van der Waals surface area contributed by atoms with Gasteiger partial charge in [0.2, 0.25) is 5.91 Å². The third kappa shape index (κ3) is 3.57. The van der Waals surface area contributed by atoms with Gasteiger partial charge in [-0.3, -0.25) is 4.79 Å². The van der Waals surface area contributed by atoms with Gasteiger partial charge in [-0.2, -0.15) is 0 Å². The fraction of sp³-hybridized carbons (Fsp3) is 0.812. The average molecular weight is 339 g/mol. The highest BCUT2D eigenvalue weighted by Crippen LogP contribution is 2.35. The zero-order valence-corrected chi connectivity index (χ0v) is 15.4. The highest BCUT2D eigenvalue weighted by atomic mass is 16.2. The first-order valence-corrected chi connectivity index (χ1v) is 8.39. The van der Waals surface area contributed by atoms with Gasteiger partial charge >= 0.3 is 12.1 Å². The topological polar surface area (TPSA) is 67.4 Å². The minimum absolute atomic E-state index is 0.0732. The maximum absolute atomic E-state index is 12.5. The summed E-state index contributed by atoms with van der Waals surface area (Å²) in [5.41, 5.74) is -0.388. The van der Waals surface area contributed by atoms with Crippen molar-refractivity contribution in [2.24, 2.45) is 5.41 Å². The van der Waals surface area contributed by atoms with Crippen LogP contribution in [0.15, 0.2) is 0 Å². The Balaban J connectivity index is 2.29. The molecule has 0 bridgehead atoms. The van der Waals surface area contributed by atoms with E-state index in [1.807, 2.05) is 11.8 Å². The van der Waals surface area contributed by atoms with E-state index < -0.39 is 0 Å². The summed E-state index contributed by atoms with van der Waals surface area (Å²) in [7, 11) is 6.89. The third-order valence-corrected chi connectivity index (χ3v) is 4.79. The third-order valence-electron chi connectivity index (χ3n) is 4.79. The summed E-state index contributed by atoms with van der Waals surface area (Å²) < 4.78 is 0. The van der Waals surface area contributed by atoms with Crippen LogP contribution in [0, 0.1) is 5.41 Å². The molecule has 1 spiro atoms. The molecule has 24 heavy (non-hydrogen) atoms. The Hall–Kier alpha value is -1.99. The fourth-order valence-corrected chi connectivity index (χ4v) is 3.63. The molecule has 2 fully saturated rings. The molecule has 136 valence electrons. The van der Waals surface area contributed by atoms with Gasteiger partial charge in [0.15, 0.2) is 0 Å². The van der Waals surface area contributed by atoms with Crippen LogP contribution in [0.5, 0.6) is 0 Å². The Morgan fingerprint density at radius 1 is 0.958 bits per heavy atom. The largest absolute Gasteiger partial charge is 0.342 e. The van der Waals surface area contributed by atoms with Crippen LogP contribution in [-0.2, 0) is 4.79 Å². The van der Waals surface area contributed by atoms with Gasteiger partial charge in [-0.15, -0.1) is 0 Å². The lowest BCUT2D eigenvalue weighted by Crippen LogP contribution is -2.48. The van der Waals surface area contributed by atoms with Crippen molar-refractivity contribution in [2.75, 3.05) is 67.5 Å². The van der Waals surface area contributed by atoms with Crippen molar-refractivity contribution in [1.29, 1.82) is 0 Å². The number of carbonyl (C=O) groups is 3. The summed E-state index contributed by atoms with van der Waals surface area (Å²) in [4.78, 5) is 45.7.